The Morgan fingerprint density at radius 2 is 1.04 bits per heavy atom. The van der Waals surface area contributed by atoms with E-state index < -0.39 is 0 Å². The highest BCUT2D eigenvalue weighted by atomic mass is 15.2. The Bertz CT molecular complexity index is 2140. The lowest BCUT2D eigenvalue weighted by molar-refractivity contribution is 1.11. The number of aromatic nitrogens is 2. The topological polar surface area (TPSA) is 32.3 Å². The summed E-state index contributed by atoms with van der Waals surface area (Å²) in [7, 11) is 0. The lowest BCUT2D eigenvalue weighted by Gasteiger charge is -2.33. The number of anilines is 6. The highest BCUT2D eigenvalue weighted by molar-refractivity contribution is 6.05. The first-order valence-electron chi connectivity index (χ1n) is 16.5. The van der Waals surface area contributed by atoms with Crippen LogP contribution in [-0.2, 0) is 0 Å². The maximum Gasteiger partial charge on any atom is 0.140 e. The third-order valence-corrected chi connectivity index (χ3v) is 9.09. The average Bonchev–Trinajstić information content (AvgIpc) is 3.08. The maximum atomic E-state index is 4.77. The van der Waals surface area contributed by atoms with E-state index in [1.165, 1.54) is 55.5 Å². The number of hydrogen-bond acceptors (Lipinski definition) is 4. The second-order valence-corrected chi connectivity index (χ2v) is 12.8. The normalized spacial score (nSPS) is 11.1. The van der Waals surface area contributed by atoms with Crippen LogP contribution in [0, 0.1) is 41.5 Å². The second-order valence-electron chi connectivity index (χ2n) is 12.8. The van der Waals surface area contributed by atoms with Gasteiger partial charge in [-0.2, -0.15) is 0 Å². The molecule has 6 aromatic carbocycles. The minimum Gasteiger partial charge on any atom is -0.309 e. The van der Waals surface area contributed by atoms with E-state index >= 15 is 0 Å². The van der Waals surface area contributed by atoms with Crippen LogP contribution < -0.4 is 9.80 Å². The number of benzene rings is 6. The molecule has 1 aromatic heterocycles. The van der Waals surface area contributed by atoms with E-state index in [-0.39, 0.29) is 0 Å². The molecule has 0 fully saturated rings. The van der Waals surface area contributed by atoms with E-state index in [9.17, 15) is 0 Å². The van der Waals surface area contributed by atoms with Gasteiger partial charge in [0.2, 0.25) is 0 Å². The summed E-state index contributed by atoms with van der Waals surface area (Å²) in [4.78, 5) is 13.7. The van der Waals surface area contributed by atoms with Gasteiger partial charge in [-0.05, 0) is 117 Å². The first-order chi connectivity index (χ1) is 23.3. The van der Waals surface area contributed by atoms with Crippen LogP contribution in [-0.4, -0.2) is 9.97 Å². The lowest BCUT2D eigenvalue weighted by Crippen LogP contribution is -2.17. The van der Waals surface area contributed by atoms with Gasteiger partial charge in [0, 0.05) is 23.1 Å². The zero-order valence-electron chi connectivity index (χ0n) is 28.5. The van der Waals surface area contributed by atoms with Gasteiger partial charge in [-0.3, -0.25) is 4.90 Å². The molecule has 7 aromatic rings. The Morgan fingerprint density at radius 1 is 0.500 bits per heavy atom. The Balaban J connectivity index is 1.44. The molecule has 0 radical (unpaired) electrons. The fourth-order valence-corrected chi connectivity index (χ4v) is 7.34. The van der Waals surface area contributed by atoms with Crippen LogP contribution in [0.2, 0.25) is 0 Å². The van der Waals surface area contributed by atoms with Gasteiger partial charge in [0.15, 0.2) is 0 Å². The zero-order chi connectivity index (χ0) is 33.4. The molecule has 0 unspecified atom stereocenters. The van der Waals surface area contributed by atoms with Crippen molar-refractivity contribution in [3.63, 3.8) is 0 Å². The van der Waals surface area contributed by atoms with E-state index in [1.54, 1.807) is 12.5 Å². The highest BCUT2D eigenvalue weighted by Gasteiger charge is 2.23. The number of hydrogen-bond donors (Lipinski definition) is 0. The van der Waals surface area contributed by atoms with Crippen LogP contribution in [0.1, 0.15) is 33.4 Å². The summed E-state index contributed by atoms with van der Waals surface area (Å²) < 4.78 is 0. The molecule has 4 heteroatoms. The minimum atomic E-state index is 0.803. The van der Waals surface area contributed by atoms with Crippen LogP contribution in [0.3, 0.4) is 0 Å². The maximum absolute atomic E-state index is 4.77. The summed E-state index contributed by atoms with van der Waals surface area (Å²) in [6.07, 6.45) is 3.42. The van der Waals surface area contributed by atoms with E-state index in [0.29, 0.717) is 0 Å². The van der Waals surface area contributed by atoms with Crippen molar-refractivity contribution in [3.05, 3.63) is 167 Å². The van der Waals surface area contributed by atoms with Crippen molar-refractivity contribution in [2.24, 2.45) is 0 Å². The summed E-state index contributed by atoms with van der Waals surface area (Å²) in [6, 6.07) is 43.6. The molecular formula is C44H40N4. The monoisotopic (exact) mass is 624 g/mol. The van der Waals surface area contributed by atoms with Crippen LogP contribution in [0.25, 0.3) is 21.9 Å². The molecule has 0 atom stereocenters. The van der Waals surface area contributed by atoms with Gasteiger partial charge in [-0.25, -0.2) is 9.97 Å². The molecule has 0 amide bonds. The molecule has 0 spiro atoms. The molecule has 0 saturated carbocycles. The fraction of sp³-hybridized carbons (Fsp3) is 0.136. The number of rotatable bonds is 7. The molecule has 48 heavy (non-hydrogen) atoms. The Hall–Kier alpha value is -5.74. The Kier molecular flexibility index (Phi) is 8.24. The summed E-state index contributed by atoms with van der Waals surface area (Å²) in [5.41, 5.74) is 15.5. The first-order valence-corrected chi connectivity index (χ1v) is 16.5. The predicted octanol–water partition coefficient (Wildman–Crippen LogP) is 12.1. The number of aryl methyl sites for hydroxylation is 6. The SMILES string of the molecule is Cc1cc(C)c(N(c2ccc(N(c3ccncn3)c3ccc4ccccc4c3-c3ccccc3)cc2)c2c(C)cc(C)cc2C)c(C)c1. The summed E-state index contributed by atoms with van der Waals surface area (Å²) in [6.45, 7) is 13.2. The van der Waals surface area contributed by atoms with Gasteiger partial charge in [-0.1, -0.05) is 96.1 Å². The van der Waals surface area contributed by atoms with Crippen molar-refractivity contribution in [1.29, 1.82) is 0 Å². The van der Waals surface area contributed by atoms with E-state index in [4.69, 9.17) is 4.98 Å². The Morgan fingerprint density at radius 3 is 1.60 bits per heavy atom. The highest BCUT2D eigenvalue weighted by Crippen LogP contribution is 2.46. The lowest BCUT2D eigenvalue weighted by atomic mass is 9.95. The molecular weight excluding hydrogens is 585 g/mol. The van der Waals surface area contributed by atoms with Crippen LogP contribution in [0.5, 0.6) is 0 Å². The standard InChI is InChI=1S/C44H40N4/c1-29-24-31(3)43(32(4)25-29)48(44-33(5)26-30(2)27-34(44)6)38-19-17-37(18-20-38)47(41-22-23-45-28-46-41)40-21-16-35-12-10-11-15-39(35)42(40)36-13-8-7-9-14-36/h7-28H,1-6H3. The van der Waals surface area contributed by atoms with Crippen molar-refractivity contribution in [2.75, 3.05) is 9.80 Å². The van der Waals surface area contributed by atoms with Crippen LogP contribution in [0.15, 0.2) is 134 Å². The number of fused-ring (bicyclic) bond motifs is 1. The van der Waals surface area contributed by atoms with Gasteiger partial charge in [0.05, 0.1) is 17.1 Å². The molecule has 0 aliphatic carbocycles. The van der Waals surface area contributed by atoms with Gasteiger partial charge < -0.3 is 4.90 Å². The summed E-state index contributed by atoms with van der Waals surface area (Å²) >= 11 is 0. The smallest absolute Gasteiger partial charge is 0.140 e. The van der Waals surface area contributed by atoms with Crippen molar-refractivity contribution in [1.82, 2.24) is 9.97 Å². The van der Waals surface area contributed by atoms with Crippen LogP contribution in [0.4, 0.5) is 34.3 Å². The van der Waals surface area contributed by atoms with Gasteiger partial charge in [0.1, 0.15) is 12.1 Å². The molecule has 0 aliphatic rings. The van der Waals surface area contributed by atoms with Gasteiger partial charge >= 0.3 is 0 Å². The third kappa shape index (κ3) is 5.71. The first kappa shape index (κ1) is 30.9. The third-order valence-electron chi connectivity index (χ3n) is 9.09. The molecule has 1 heterocycles. The van der Waals surface area contributed by atoms with Crippen molar-refractivity contribution < 1.29 is 0 Å². The number of nitrogens with zero attached hydrogens (tertiary/aromatic N) is 4. The molecule has 4 nitrogen and oxygen atoms in total. The fourth-order valence-electron chi connectivity index (χ4n) is 7.34. The largest absolute Gasteiger partial charge is 0.309 e. The van der Waals surface area contributed by atoms with E-state index in [1.807, 2.05) is 6.07 Å². The van der Waals surface area contributed by atoms with E-state index in [0.717, 1.165) is 34.0 Å². The second kappa shape index (κ2) is 12.8. The van der Waals surface area contributed by atoms with Crippen LogP contribution >= 0.6 is 0 Å². The quantitative estimate of drug-likeness (QED) is 0.177. The molecule has 0 bridgehead atoms. The van der Waals surface area contributed by atoms with Crippen molar-refractivity contribution in [2.45, 2.75) is 41.5 Å². The van der Waals surface area contributed by atoms with Gasteiger partial charge in [-0.15, -0.1) is 0 Å². The molecule has 0 saturated heterocycles. The zero-order valence-corrected chi connectivity index (χ0v) is 28.5. The molecule has 0 aliphatic heterocycles. The van der Waals surface area contributed by atoms with Crippen molar-refractivity contribution >= 4 is 45.0 Å². The predicted molar refractivity (Wildman–Crippen MR) is 203 cm³/mol. The van der Waals surface area contributed by atoms with E-state index in [2.05, 4.69) is 172 Å². The Labute approximate surface area is 284 Å². The molecule has 236 valence electrons. The minimum absolute atomic E-state index is 0.803. The van der Waals surface area contributed by atoms with Gasteiger partial charge in [0.25, 0.3) is 0 Å². The van der Waals surface area contributed by atoms with Crippen molar-refractivity contribution in [3.8, 4) is 11.1 Å². The summed E-state index contributed by atoms with van der Waals surface area (Å²) in [5.74, 6) is 0.803. The molecule has 7 rings (SSSR count). The summed E-state index contributed by atoms with van der Waals surface area (Å²) in [5, 5.41) is 2.39. The average molecular weight is 625 g/mol. The molecule has 0 N–H and O–H groups in total.